The molecule has 0 saturated heterocycles. The summed E-state index contributed by atoms with van der Waals surface area (Å²) in [6.45, 7) is 7.34. The number of halogens is 1. The van der Waals surface area contributed by atoms with Crippen LogP contribution < -0.4 is 10.5 Å². The molecule has 0 aliphatic heterocycles. The van der Waals surface area contributed by atoms with Crippen LogP contribution in [0.25, 0.3) is 0 Å². The van der Waals surface area contributed by atoms with Crippen molar-refractivity contribution < 1.29 is 9.13 Å². The van der Waals surface area contributed by atoms with Gasteiger partial charge >= 0.3 is 0 Å². The first-order valence-electron chi connectivity index (χ1n) is 6.03. The molecule has 0 aliphatic carbocycles. The lowest BCUT2D eigenvalue weighted by atomic mass is 10.2. The van der Waals surface area contributed by atoms with E-state index in [0.29, 0.717) is 12.2 Å². The van der Waals surface area contributed by atoms with Gasteiger partial charge in [-0.1, -0.05) is 26.1 Å². The van der Waals surface area contributed by atoms with E-state index in [2.05, 4.69) is 18.7 Å². The second-order valence-electron chi connectivity index (χ2n) is 3.88. The predicted octanol–water partition coefficient (Wildman–Crippen LogP) is 2.18. The highest BCUT2D eigenvalue weighted by Crippen LogP contribution is 2.18. The van der Waals surface area contributed by atoms with Gasteiger partial charge in [-0.05, 0) is 31.3 Å². The lowest BCUT2D eigenvalue weighted by molar-refractivity contribution is 0.217. The van der Waals surface area contributed by atoms with Gasteiger partial charge in [-0.15, -0.1) is 0 Å². The Balaban J connectivity index is 2.55. The lowest BCUT2D eigenvalue weighted by Gasteiger charge is -2.18. The molecule has 1 rings (SSSR count). The van der Waals surface area contributed by atoms with Crippen molar-refractivity contribution in [3.05, 3.63) is 29.6 Å². The first-order valence-corrected chi connectivity index (χ1v) is 6.43. The zero-order chi connectivity index (χ0) is 13.5. The molecule has 1 aromatic carbocycles. The fraction of sp³-hybridized carbons (Fsp3) is 0.462. The molecule has 0 saturated carbocycles. The molecule has 3 nitrogen and oxygen atoms in total. The van der Waals surface area contributed by atoms with Crippen molar-refractivity contribution in [3.63, 3.8) is 0 Å². The first kappa shape index (κ1) is 14.9. The van der Waals surface area contributed by atoms with Gasteiger partial charge in [-0.2, -0.15) is 0 Å². The maximum atomic E-state index is 13.6. The molecule has 100 valence electrons. The maximum Gasteiger partial charge on any atom is 0.165 e. The minimum absolute atomic E-state index is 0.184. The number of thiocarbonyl (C=S) groups is 1. The molecule has 0 atom stereocenters. The highest BCUT2D eigenvalue weighted by Gasteiger charge is 2.07. The highest BCUT2D eigenvalue weighted by atomic mass is 32.1. The Bertz CT molecular complexity index is 408. The van der Waals surface area contributed by atoms with Crippen LogP contribution in [0.2, 0.25) is 0 Å². The van der Waals surface area contributed by atoms with Crippen molar-refractivity contribution in [3.8, 4) is 5.75 Å². The zero-order valence-electron chi connectivity index (χ0n) is 10.8. The standard InChI is InChI=1S/C13H19FN2OS/c1-3-16(4-2)7-8-17-12-6-5-10(13(15)18)9-11(12)14/h5-6,9H,3-4,7-8H2,1-2H3,(H2,15,18). The van der Waals surface area contributed by atoms with Crippen molar-refractivity contribution in [1.29, 1.82) is 0 Å². The zero-order valence-corrected chi connectivity index (χ0v) is 11.6. The van der Waals surface area contributed by atoms with Gasteiger partial charge in [0.25, 0.3) is 0 Å². The molecular formula is C13H19FN2OS. The van der Waals surface area contributed by atoms with Gasteiger partial charge in [0.15, 0.2) is 11.6 Å². The first-order chi connectivity index (χ1) is 8.58. The van der Waals surface area contributed by atoms with Crippen LogP contribution >= 0.6 is 12.2 Å². The summed E-state index contributed by atoms with van der Waals surface area (Å²) in [5.74, 6) is -0.193. The number of rotatable bonds is 7. The van der Waals surface area contributed by atoms with E-state index in [9.17, 15) is 4.39 Å². The van der Waals surface area contributed by atoms with E-state index in [4.69, 9.17) is 22.7 Å². The molecule has 0 spiro atoms. The Morgan fingerprint density at radius 2 is 2.06 bits per heavy atom. The van der Waals surface area contributed by atoms with Crippen LogP contribution in [-0.4, -0.2) is 36.1 Å². The molecular weight excluding hydrogens is 251 g/mol. The number of likely N-dealkylation sites (N-methyl/N-ethyl adjacent to an activating group) is 1. The molecule has 0 unspecified atom stereocenters. The SMILES string of the molecule is CCN(CC)CCOc1ccc(C(N)=S)cc1F. The molecule has 5 heteroatoms. The molecule has 0 fully saturated rings. The van der Waals surface area contributed by atoms with Crippen molar-refractivity contribution in [2.45, 2.75) is 13.8 Å². The number of nitrogens with two attached hydrogens (primary N) is 1. The van der Waals surface area contributed by atoms with Crippen LogP contribution in [0.15, 0.2) is 18.2 Å². The number of ether oxygens (including phenoxy) is 1. The van der Waals surface area contributed by atoms with Crippen molar-refractivity contribution >= 4 is 17.2 Å². The van der Waals surface area contributed by atoms with Gasteiger partial charge in [0.2, 0.25) is 0 Å². The summed E-state index contributed by atoms with van der Waals surface area (Å²) >= 11 is 4.78. The normalized spacial score (nSPS) is 10.7. The van der Waals surface area contributed by atoms with E-state index in [0.717, 1.165) is 19.6 Å². The van der Waals surface area contributed by atoms with E-state index < -0.39 is 5.82 Å². The molecule has 0 bridgehead atoms. The summed E-state index contributed by atoms with van der Waals surface area (Å²) in [6, 6.07) is 4.53. The summed E-state index contributed by atoms with van der Waals surface area (Å²) in [5.41, 5.74) is 5.94. The lowest BCUT2D eigenvalue weighted by Crippen LogP contribution is -2.28. The average Bonchev–Trinajstić information content (AvgIpc) is 2.36. The fourth-order valence-electron chi connectivity index (χ4n) is 1.60. The summed E-state index contributed by atoms with van der Waals surface area (Å²) in [5, 5.41) is 0. The quantitative estimate of drug-likeness (QED) is 0.771. The van der Waals surface area contributed by atoms with Crippen LogP contribution in [0.3, 0.4) is 0 Å². The molecule has 1 aromatic rings. The van der Waals surface area contributed by atoms with Gasteiger partial charge in [0.1, 0.15) is 11.6 Å². The van der Waals surface area contributed by atoms with Crippen LogP contribution in [0.1, 0.15) is 19.4 Å². The van der Waals surface area contributed by atoms with E-state index in [1.807, 2.05) is 0 Å². The van der Waals surface area contributed by atoms with Crippen LogP contribution in [0, 0.1) is 5.82 Å². The highest BCUT2D eigenvalue weighted by molar-refractivity contribution is 7.80. The van der Waals surface area contributed by atoms with Gasteiger partial charge in [0, 0.05) is 12.1 Å². The van der Waals surface area contributed by atoms with Crippen LogP contribution in [-0.2, 0) is 0 Å². The number of hydrogen-bond acceptors (Lipinski definition) is 3. The smallest absolute Gasteiger partial charge is 0.165 e. The van der Waals surface area contributed by atoms with Gasteiger partial charge in [0.05, 0.1) is 0 Å². The summed E-state index contributed by atoms with van der Waals surface area (Å²) in [4.78, 5) is 2.39. The predicted molar refractivity (Wildman–Crippen MR) is 75.6 cm³/mol. The average molecular weight is 270 g/mol. The fourth-order valence-corrected chi connectivity index (χ4v) is 1.72. The van der Waals surface area contributed by atoms with Gasteiger partial charge < -0.3 is 15.4 Å². The van der Waals surface area contributed by atoms with Crippen molar-refractivity contribution in [2.75, 3.05) is 26.2 Å². The number of nitrogens with zero attached hydrogens (tertiary/aromatic N) is 1. The van der Waals surface area contributed by atoms with E-state index in [1.54, 1.807) is 12.1 Å². The third kappa shape index (κ3) is 4.23. The molecule has 0 aromatic heterocycles. The topological polar surface area (TPSA) is 38.5 Å². The largest absolute Gasteiger partial charge is 0.489 e. The minimum atomic E-state index is -0.431. The molecule has 0 aliphatic rings. The van der Waals surface area contributed by atoms with Crippen LogP contribution in [0.5, 0.6) is 5.75 Å². The Morgan fingerprint density at radius 1 is 1.39 bits per heavy atom. The molecule has 0 heterocycles. The number of benzene rings is 1. The molecule has 0 radical (unpaired) electrons. The van der Waals surface area contributed by atoms with Gasteiger partial charge in [-0.3, -0.25) is 0 Å². The second kappa shape index (κ2) is 7.28. The monoisotopic (exact) mass is 270 g/mol. The third-order valence-corrected chi connectivity index (χ3v) is 3.01. The molecule has 0 amide bonds. The van der Waals surface area contributed by atoms with Gasteiger partial charge in [-0.25, -0.2) is 4.39 Å². The van der Waals surface area contributed by atoms with E-state index >= 15 is 0 Å². The Morgan fingerprint density at radius 3 is 2.56 bits per heavy atom. The summed E-state index contributed by atoms with van der Waals surface area (Å²) in [6.07, 6.45) is 0. The van der Waals surface area contributed by atoms with E-state index in [1.165, 1.54) is 6.07 Å². The Kier molecular flexibility index (Phi) is 6.01. The molecule has 18 heavy (non-hydrogen) atoms. The summed E-state index contributed by atoms with van der Waals surface area (Å²) in [7, 11) is 0. The Hall–Kier alpha value is -1.20. The van der Waals surface area contributed by atoms with E-state index in [-0.39, 0.29) is 10.7 Å². The second-order valence-corrected chi connectivity index (χ2v) is 4.32. The van der Waals surface area contributed by atoms with Crippen LogP contribution in [0.4, 0.5) is 4.39 Å². The number of hydrogen-bond donors (Lipinski definition) is 1. The Labute approximate surface area is 113 Å². The summed E-state index contributed by atoms with van der Waals surface area (Å²) < 4.78 is 19.0. The maximum absolute atomic E-state index is 13.6. The van der Waals surface area contributed by atoms with Crippen molar-refractivity contribution in [1.82, 2.24) is 4.90 Å². The minimum Gasteiger partial charge on any atom is -0.489 e. The third-order valence-electron chi connectivity index (χ3n) is 2.78. The van der Waals surface area contributed by atoms with Crippen molar-refractivity contribution in [2.24, 2.45) is 5.73 Å². The molecule has 2 N–H and O–H groups in total.